The number of fused-ring (bicyclic) bond motifs is 1. The third kappa shape index (κ3) is 3.94. The summed E-state index contributed by atoms with van der Waals surface area (Å²) in [6.07, 6.45) is 1.50. The van der Waals surface area contributed by atoms with Gasteiger partial charge in [0.2, 0.25) is 5.91 Å². The van der Waals surface area contributed by atoms with E-state index in [0.29, 0.717) is 38.5 Å². The molecule has 0 saturated carbocycles. The summed E-state index contributed by atoms with van der Waals surface area (Å²) in [4.78, 5) is 28.5. The summed E-state index contributed by atoms with van der Waals surface area (Å²) in [6.45, 7) is 4.67. The Morgan fingerprint density at radius 1 is 1.11 bits per heavy atom. The summed E-state index contributed by atoms with van der Waals surface area (Å²) in [7, 11) is 0. The molecule has 7 heteroatoms. The first-order chi connectivity index (χ1) is 13.6. The van der Waals surface area contributed by atoms with Gasteiger partial charge < -0.3 is 19.1 Å². The number of hydrogen-bond acceptors (Lipinski definition) is 5. The zero-order valence-electron chi connectivity index (χ0n) is 15.8. The van der Waals surface area contributed by atoms with Crippen molar-refractivity contribution < 1.29 is 18.4 Å². The number of rotatable bonds is 5. The van der Waals surface area contributed by atoms with Crippen LogP contribution in [-0.4, -0.2) is 54.3 Å². The molecule has 1 N–H and O–H groups in total. The lowest BCUT2D eigenvalue weighted by molar-refractivity contribution is -0.123. The second-order valence-electron chi connectivity index (χ2n) is 7.02. The lowest BCUT2D eigenvalue weighted by atomic mass is 10.2. The van der Waals surface area contributed by atoms with Crippen molar-refractivity contribution in [3.63, 3.8) is 0 Å². The quantitative estimate of drug-likeness (QED) is 0.735. The van der Waals surface area contributed by atoms with Crippen molar-refractivity contribution in [2.75, 3.05) is 32.7 Å². The van der Waals surface area contributed by atoms with Gasteiger partial charge in [-0.05, 0) is 31.2 Å². The average Bonchev–Trinajstić information content (AvgIpc) is 3.37. The molecule has 3 aromatic rings. The average molecular weight is 381 g/mol. The molecular formula is C21H23N3O4. The SMILES string of the molecule is C[C@H](NC(=O)CN1CCN(C(=O)c2ccco2)CC1)c1cc2ccccc2o1. The molecule has 1 aliphatic heterocycles. The van der Waals surface area contributed by atoms with Gasteiger partial charge >= 0.3 is 0 Å². The minimum Gasteiger partial charge on any atom is -0.459 e. The largest absolute Gasteiger partial charge is 0.459 e. The minimum absolute atomic E-state index is 0.0567. The summed E-state index contributed by atoms with van der Waals surface area (Å²) < 4.78 is 11.0. The molecule has 1 aliphatic rings. The van der Waals surface area contributed by atoms with E-state index in [4.69, 9.17) is 8.83 Å². The molecule has 1 atom stereocenters. The van der Waals surface area contributed by atoms with Gasteiger partial charge in [-0.3, -0.25) is 14.5 Å². The van der Waals surface area contributed by atoms with E-state index in [9.17, 15) is 9.59 Å². The zero-order chi connectivity index (χ0) is 19.5. The number of para-hydroxylation sites is 1. The topological polar surface area (TPSA) is 78.9 Å². The highest BCUT2D eigenvalue weighted by Crippen LogP contribution is 2.23. The lowest BCUT2D eigenvalue weighted by Gasteiger charge is -2.34. The molecule has 0 bridgehead atoms. The fourth-order valence-corrected chi connectivity index (χ4v) is 3.44. The molecule has 0 unspecified atom stereocenters. The Kier molecular flexibility index (Phi) is 5.16. The number of carbonyl (C=O) groups excluding carboxylic acids is 2. The van der Waals surface area contributed by atoms with Crippen LogP contribution in [-0.2, 0) is 4.79 Å². The lowest BCUT2D eigenvalue weighted by Crippen LogP contribution is -2.51. The molecule has 2 aromatic heterocycles. The van der Waals surface area contributed by atoms with E-state index in [1.54, 1.807) is 17.0 Å². The number of nitrogens with zero attached hydrogens (tertiary/aromatic N) is 2. The molecule has 1 aromatic carbocycles. The van der Waals surface area contributed by atoms with Gasteiger partial charge in [0.1, 0.15) is 11.3 Å². The molecule has 7 nitrogen and oxygen atoms in total. The van der Waals surface area contributed by atoms with Crippen LogP contribution in [0.1, 0.15) is 29.3 Å². The molecule has 146 valence electrons. The number of amides is 2. The van der Waals surface area contributed by atoms with Crippen LogP contribution < -0.4 is 5.32 Å². The predicted octanol–water partition coefficient (Wildman–Crippen LogP) is 2.66. The summed E-state index contributed by atoms with van der Waals surface area (Å²) >= 11 is 0. The van der Waals surface area contributed by atoms with Gasteiger partial charge in [0.15, 0.2) is 5.76 Å². The number of carbonyl (C=O) groups is 2. The smallest absolute Gasteiger partial charge is 0.289 e. The van der Waals surface area contributed by atoms with Crippen molar-refractivity contribution in [1.82, 2.24) is 15.1 Å². The molecule has 0 radical (unpaired) electrons. The second-order valence-corrected chi connectivity index (χ2v) is 7.02. The molecule has 1 fully saturated rings. The van der Waals surface area contributed by atoms with E-state index in [1.165, 1.54) is 6.26 Å². The minimum atomic E-state index is -0.207. The Morgan fingerprint density at radius 2 is 1.89 bits per heavy atom. The van der Waals surface area contributed by atoms with Crippen molar-refractivity contribution in [2.45, 2.75) is 13.0 Å². The van der Waals surface area contributed by atoms with Gasteiger partial charge in [0.05, 0.1) is 18.8 Å². The van der Waals surface area contributed by atoms with Crippen molar-refractivity contribution in [1.29, 1.82) is 0 Å². The van der Waals surface area contributed by atoms with Crippen LogP contribution in [0.15, 0.2) is 57.6 Å². The standard InChI is InChI=1S/C21H23N3O4/c1-15(19-13-16-5-2-3-6-17(16)28-19)22-20(25)14-23-8-10-24(11-9-23)21(26)18-7-4-12-27-18/h2-7,12-13,15H,8-11,14H2,1H3,(H,22,25)/t15-/m0/s1. The Bertz CT molecular complexity index is 922. The van der Waals surface area contributed by atoms with Crippen molar-refractivity contribution in [2.24, 2.45) is 0 Å². The third-order valence-electron chi connectivity index (χ3n) is 5.01. The Morgan fingerprint density at radius 3 is 2.61 bits per heavy atom. The number of benzene rings is 1. The van der Waals surface area contributed by atoms with E-state index >= 15 is 0 Å². The molecule has 4 rings (SSSR count). The second kappa shape index (κ2) is 7.90. The highest BCUT2D eigenvalue weighted by molar-refractivity contribution is 5.91. The monoisotopic (exact) mass is 381 g/mol. The maximum atomic E-state index is 12.4. The van der Waals surface area contributed by atoms with Crippen LogP contribution in [0.2, 0.25) is 0 Å². The van der Waals surface area contributed by atoms with E-state index in [2.05, 4.69) is 5.32 Å². The number of furan rings is 2. The number of hydrogen-bond donors (Lipinski definition) is 1. The van der Waals surface area contributed by atoms with Crippen molar-refractivity contribution in [3.05, 3.63) is 60.2 Å². The molecule has 0 aliphatic carbocycles. The first kappa shape index (κ1) is 18.3. The Balaban J connectivity index is 1.27. The van der Waals surface area contributed by atoms with Gasteiger partial charge in [-0.15, -0.1) is 0 Å². The summed E-state index contributed by atoms with van der Waals surface area (Å²) in [5.74, 6) is 0.931. The van der Waals surface area contributed by atoms with Crippen LogP contribution in [0.25, 0.3) is 11.0 Å². The summed E-state index contributed by atoms with van der Waals surface area (Å²) in [5, 5.41) is 4.01. The maximum absolute atomic E-state index is 12.4. The van der Waals surface area contributed by atoms with Gasteiger partial charge in [0.25, 0.3) is 5.91 Å². The Labute approximate surface area is 162 Å². The fraction of sp³-hybridized carbons (Fsp3) is 0.333. The van der Waals surface area contributed by atoms with Crippen molar-refractivity contribution >= 4 is 22.8 Å². The molecule has 3 heterocycles. The van der Waals surface area contributed by atoms with Crippen LogP contribution >= 0.6 is 0 Å². The predicted molar refractivity (Wildman–Crippen MR) is 104 cm³/mol. The first-order valence-electron chi connectivity index (χ1n) is 9.43. The Hall–Kier alpha value is -3.06. The first-order valence-corrected chi connectivity index (χ1v) is 9.43. The van der Waals surface area contributed by atoms with Crippen LogP contribution in [0.5, 0.6) is 0 Å². The van der Waals surface area contributed by atoms with Gasteiger partial charge in [0, 0.05) is 31.6 Å². The highest BCUT2D eigenvalue weighted by atomic mass is 16.3. The molecule has 2 amide bonds. The van der Waals surface area contributed by atoms with Crippen LogP contribution in [0.4, 0.5) is 0 Å². The molecular weight excluding hydrogens is 358 g/mol. The van der Waals surface area contributed by atoms with Crippen molar-refractivity contribution in [3.8, 4) is 0 Å². The van der Waals surface area contributed by atoms with E-state index in [-0.39, 0.29) is 17.9 Å². The van der Waals surface area contributed by atoms with Gasteiger partial charge in [-0.1, -0.05) is 18.2 Å². The maximum Gasteiger partial charge on any atom is 0.289 e. The van der Waals surface area contributed by atoms with E-state index < -0.39 is 0 Å². The fourth-order valence-electron chi connectivity index (χ4n) is 3.44. The van der Waals surface area contributed by atoms with Crippen LogP contribution in [0.3, 0.4) is 0 Å². The molecule has 1 saturated heterocycles. The van der Waals surface area contributed by atoms with E-state index in [0.717, 1.165) is 16.7 Å². The van der Waals surface area contributed by atoms with E-state index in [1.807, 2.05) is 42.2 Å². The third-order valence-corrected chi connectivity index (χ3v) is 5.01. The van der Waals surface area contributed by atoms with Gasteiger partial charge in [-0.2, -0.15) is 0 Å². The normalized spacial score (nSPS) is 16.2. The van der Waals surface area contributed by atoms with Crippen LogP contribution in [0, 0.1) is 0 Å². The molecule has 28 heavy (non-hydrogen) atoms. The number of piperazine rings is 1. The highest BCUT2D eigenvalue weighted by Gasteiger charge is 2.25. The summed E-state index contributed by atoms with van der Waals surface area (Å²) in [6, 6.07) is 12.9. The zero-order valence-corrected chi connectivity index (χ0v) is 15.8. The number of nitrogens with one attached hydrogen (secondary N) is 1. The molecule has 0 spiro atoms. The summed E-state index contributed by atoms with van der Waals surface area (Å²) in [5.41, 5.74) is 0.816. The van der Waals surface area contributed by atoms with Gasteiger partial charge in [-0.25, -0.2) is 0 Å².